The van der Waals surface area contributed by atoms with Crippen LogP contribution in [0.25, 0.3) is 0 Å². The molecule has 3 atom stereocenters. The number of likely N-dealkylation sites (N-methyl/N-ethyl adjacent to an activating group) is 1. The van der Waals surface area contributed by atoms with Gasteiger partial charge in [0.2, 0.25) is 5.91 Å². The standard InChI is InChI=1S/C69H135N2O7P/c1-7-10-13-16-19-22-25-28-30-31-32-33-34-35-36-37-38-39-41-44-47-50-53-56-59-62-69(73)78-67(60-57-54-51-48-45-42-27-24-21-18-15-12-9-3)66(65-77-79(74,75)76-64-63-71(4,5)6)70-68(72)61-58-55-52-49-46-43-40-29-26-23-20-17-14-11-8-2/h23,26,57,60,66-67H,7-22,24-25,27-56,58-59,61-65H2,1-6H3,(H-,70,72,74,75)/p+1/b26-23-,60-57-. The van der Waals surface area contributed by atoms with Crippen molar-refractivity contribution < 1.29 is 37.3 Å². The largest absolute Gasteiger partial charge is 0.472 e. The number of phosphoric acid groups is 1. The van der Waals surface area contributed by atoms with Gasteiger partial charge in [-0.15, -0.1) is 0 Å². The van der Waals surface area contributed by atoms with E-state index in [1.807, 2.05) is 33.3 Å². The van der Waals surface area contributed by atoms with Gasteiger partial charge in [-0.2, -0.15) is 0 Å². The van der Waals surface area contributed by atoms with Gasteiger partial charge in [-0.3, -0.25) is 18.6 Å². The van der Waals surface area contributed by atoms with Gasteiger partial charge in [0.1, 0.15) is 19.3 Å². The zero-order valence-corrected chi connectivity index (χ0v) is 54.5. The van der Waals surface area contributed by atoms with Gasteiger partial charge in [-0.1, -0.05) is 309 Å². The number of carbonyl (C=O) groups is 2. The second-order valence-corrected chi connectivity index (χ2v) is 26.5. The molecular formula is C69H136N2O7P+. The summed E-state index contributed by atoms with van der Waals surface area (Å²) in [4.78, 5) is 37.8. The van der Waals surface area contributed by atoms with E-state index in [0.29, 0.717) is 23.9 Å². The molecule has 3 unspecified atom stereocenters. The Morgan fingerprint density at radius 2 is 0.734 bits per heavy atom. The van der Waals surface area contributed by atoms with Crippen LogP contribution < -0.4 is 5.32 Å². The molecule has 0 aromatic rings. The molecule has 1 amide bonds. The van der Waals surface area contributed by atoms with Crippen LogP contribution in [0.3, 0.4) is 0 Å². The third-order valence-electron chi connectivity index (χ3n) is 15.9. The van der Waals surface area contributed by atoms with Crippen LogP contribution in [0.4, 0.5) is 0 Å². The van der Waals surface area contributed by atoms with Gasteiger partial charge in [0, 0.05) is 12.8 Å². The Morgan fingerprint density at radius 1 is 0.430 bits per heavy atom. The number of phosphoric ester groups is 1. The monoisotopic (exact) mass is 1140 g/mol. The number of allylic oxidation sites excluding steroid dienone is 3. The predicted octanol–water partition coefficient (Wildman–Crippen LogP) is 21.7. The molecule has 0 saturated heterocycles. The van der Waals surface area contributed by atoms with E-state index < -0.39 is 20.0 Å². The fraction of sp³-hybridized carbons (Fsp3) is 0.913. The van der Waals surface area contributed by atoms with Crippen LogP contribution in [-0.4, -0.2) is 74.3 Å². The summed E-state index contributed by atoms with van der Waals surface area (Å²) in [5.74, 6) is -0.490. The summed E-state index contributed by atoms with van der Waals surface area (Å²) in [6.07, 6.45) is 71.9. The highest BCUT2D eigenvalue weighted by Gasteiger charge is 2.30. The van der Waals surface area contributed by atoms with E-state index in [1.165, 1.54) is 257 Å². The number of quaternary nitrogens is 1. The zero-order chi connectivity index (χ0) is 57.9. The van der Waals surface area contributed by atoms with Crippen LogP contribution in [0.1, 0.15) is 355 Å². The van der Waals surface area contributed by atoms with Crippen molar-refractivity contribution in [1.82, 2.24) is 5.32 Å². The first kappa shape index (κ1) is 77.5. The highest BCUT2D eigenvalue weighted by molar-refractivity contribution is 7.47. The van der Waals surface area contributed by atoms with Crippen LogP contribution in [0.15, 0.2) is 24.3 Å². The maximum absolute atomic E-state index is 13.6. The van der Waals surface area contributed by atoms with Crippen molar-refractivity contribution in [2.75, 3.05) is 40.9 Å². The molecule has 468 valence electrons. The quantitative estimate of drug-likeness (QED) is 0.0205. The molecule has 0 bridgehead atoms. The number of hydrogen-bond acceptors (Lipinski definition) is 6. The average Bonchev–Trinajstić information content (AvgIpc) is 3.41. The van der Waals surface area contributed by atoms with Crippen molar-refractivity contribution in [3.05, 3.63) is 24.3 Å². The van der Waals surface area contributed by atoms with Crippen molar-refractivity contribution in [2.45, 2.75) is 367 Å². The minimum absolute atomic E-state index is 0.0431. The summed E-state index contributed by atoms with van der Waals surface area (Å²) in [6, 6.07) is -0.845. The van der Waals surface area contributed by atoms with Crippen LogP contribution >= 0.6 is 7.82 Å². The first-order valence-electron chi connectivity index (χ1n) is 34.7. The Hall–Kier alpha value is -1.51. The number of carbonyl (C=O) groups excluding carboxylic acids is 2. The number of ether oxygens (including phenoxy) is 1. The normalized spacial score (nSPS) is 13.7. The zero-order valence-electron chi connectivity index (χ0n) is 53.6. The van der Waals surface area contributed by atoms with E-state index in [0.717, 1.165) is 64.2 Å². The van der Waals surface area contributed by atoms with Gasteiger partial charge in [0.25, 0.3) is 0 Å². The van der Waals surface area contributed by atoms with Crippen LogP contribution in [0.5, 0.6) is 0 Å². The van der Waals surface area contributed by atoms with Crippen LogP contribution in [0, 0.1) is 0 Å². The Bertz CT molecular complexity index is 1400. The molecule has 0 rings (SSSR count). The van der Waals surface area contributed by atoms with Gasteiger partial charge in [-0.25, -0.2) is 4.57 Å². The fourth-order valence-electron chi connectivity index (χ4n) is 10.5. The fourth-order valence-corrected chi connectivity index (χ4v) is 11.3. The summed E-state index contributed by atoms with van der Waals surface area (Å²) in [6.45, 7) is 7.06. The lowest BCUT2D eigenvalue weighted by molar-refractivity contribution is -0.870. The molecule has 0 spiro atoms. The maximum Gasteiger partial charge on any atom is 0.472 e. The van der Waals surface area contributed by atoms with Crippen molar-refractivity contribution in [2.24, 2.45) is 0 Å². The summed E-state index contributed by atoms with van der Waals surface area (Å²) in [7, 11) is 1.51. The molecule has 0 saturated carbocycles. The number of rotatable bonds is 64. The molecular weight excluding hydrogens is 1000 g/mol. The second-order valence-electron chi connectivity index (χ2n) is 25.1. The van der Waals surface area contributed by atoms with E-state index in [2.05, 4.69) is 38.2 Å². The van der Waals surface area contributed by atoms with Crippen molar-refractivity contribution in [1.29, 1.82) is 0 Å². The van der Waals surface area contributed by atoms with Gasteiger partial charge in [0.05, 0.1) is 33.8 Å². The number of unbranched alkanes of at least 4 members (excludes halogenated alkanes) is 46. The molecule has 0 fully saturated rings. The lowest BCUT2D eigenvalue weighted by atomic mass is 10.0. The predicted molar refractivity (Wildman–Crippen MR) is 342 cm³/mol. The summed E-state index contributed by atoms with van der Waals surface area (Å²) >= 11 is 0. The van der Waals surface area contributed by atoms with Crippen molar-refractivity contribution in [3.63, 3.8) is 0 Å². The Morgan fingerprint density at radius 3 is 1.09 bits per heavy atom. The smallest absolute Gasteiger partial charge is 0.456 e. The summed E-state index contributed by atoms with van der Waals surface area (Å²) in [5.41, 5.74) is 0. The topological polar surface area (TPSA) is 111 Å². The van der Waals surface area contributed by atoms with Gasteiger partial charge in [0.15, 0.2) is 0 Å². The number of esters is 1. The molecule has 2 N–H and O–H groups in total. The number of amides is 1. The SMILES string of the molecule is CCCCCC/C=C\CCCCCCCCCC(=O)NC(COP(=O)(O)OCC[N+](C)(C)C)C(/C=C\CCCCCCCCCCCCC)OC(=O)CCCCCCCCCCCCCCCCCCCCCCCCCCC. The van der Waals surface area contributed by atoms with E-state index in [1.54, 1.807) is 0 Å². The highest BCUT2D eigenvalue weighted by atomic mass is 31.2. The molecule has 0 radical (unpaired) electrons. The lowest BCUT2D eigenvalue weighted by Crippen LogP contribution is -2.47. The summed E-state index contributed by atoms with van der Waals surface area (Å²) in [5, 5.41) is 3.07. The molecule has 0 aliphatic rings. The highest BCUT2D eigenvalue weighted by Crippen LogP contribution is 2.43. The summed E-state index contributed by atoms with van der Waals surface area (Å²) < 4.78 is 30.8. The first-order chi connectivity index (χ1) is 38.4. The van der Waals surface area contributed by atoms with Crippen molar-refractivity contribution in [3.8, 4) is 0 Å². The number of nitrogens with one attached hydrogen (secondary N) is 1. The molecule has 79 heavy (non-hydrogen) atoms. The molecule has 0 aromatic heterocycles. The molecule has 10 heteroatoms. The number of hydrogen-bond donors (Lipinski definition) is 2. The van der Waals surface area contributed by atoms with E-state index in [9.17, 15) is 19.0 Å². The second kappa shape index (κ2) is 59.6. The minimum Gasteiger partial charge on any atom is -0.456 e. The van der Waals surface area contributed by atoms with Gasteiger partial charge >= 0.3 is 13.8 Å². The van der Waals surface area contributed by atoms with Crippen molar-refractivity contribution >= 4 is 19.7 Å². The molecule has 0 heterocycles. The molecule has 0 aliphatic carbocycles. The van der Waals surface area contributed by atoms with Gasteiger partial charge < -0.3 is 19.4 Å². The molecule has 0 aromatic carbocycles. The third kappa shape index (κ3) is 60.9. The maximum atomic E-state index is 13.6. The average molecular weight is 1140 g/mol. The lowest BCUT2D eigenvalue weighted by Gasteiger charge is -2.27. The Balaban J connectivity index is 5.04. The van der Waals surface area contributed by atoms with Gasteiger partial charge in [-0.05, 0) is 57.4 Å². The number of nitrogens with zero attached hydrogens (tertiary/aromatic N) is 1. The third-order valence-corrected chi connectivity index (χ3v) is 16.9. The first-order valence-corrected chi connectivity index (χ1v) is 36.2. The van der Waals surface area contributed by atoms with Crippen LogP contribution in [0.2, 0.25) is 0 Å². The van der Waals surface area contributed by atoms with Crippen LogP contribution in [-0.2, 0) is 27.9 Å². The Labute approximate surface area is 492 Å². The Kier molecular flexibility index (Phi) is 58.5. The van der Waals surface area contributed by atoms with E-state index in [4.69, 9.17) is 13.8 Å². The minimum atomic E-state index is -4.45. The molecule has 9 nitrogen and oxygen atoms in total. The molecule has 0 aliphatic heterocycles. The van der Waals surface area contributed by atoms with E-state index in [-0.39, 0.29) is 25.1 Å². The van der Waals surface area contributed by atoms with E-state index >= 15 is 0 Å².